The molecule has 0 unspecified atom stereocenters. The molecule has 112 valence electrons. The monoisotopic (exact) mass is 297 g/mol. The van der Waals surface area contributed by atoms with Gasteiger partial charge in [0.15, 0.2) is 0 Å². The van der Waals surface area contributed by atoms with Crippen LogP contribution in [-0.4, -0.2) is 19.6 Å². The molecule has 20 heavy (non-hydrogen) atoms. The summed E-state index contributed by atoms with van der Waals surface area (Å²) < 4.78 is 4.02. The number of aromatic nitrogens is 4. The molecule has 0 radical (unpaired) electrons. The van der Waals surface area contributed by atoms with Crippen LogP contribution >= 0.6 is 12.4 Å². The molecule has 0 spiro atoms. The maximum atomic E-state index is 4.52. The highest BCUT2D eigenvalue weighted by atomic mass is 35.5. The van der Waals surface area contributed by atoms with Gasteiger partial charge in [0.2, 0.25) is 0 Å². The maximum absolute atomic E-state index is 4.52. The molecule has 2 aromatic heterocycles. The highest BCUT2D eigenvalue weighted by Crippen LogP contribution is 2.08. The molecule has 5 nitrogen and oxygen atoms in total. The highest BCUT2D eigenvalue weighted by Gasteiger charge is 2.06. The maximum Gasteiger partial charge on any atom is 0.0762 e. The Morgan fingerprint density at radius 3 is 2.45 bits per heavy atom. The number of nitrogens with zero attached hydrogens (tertiary/aromatic N) is 4. The van der Waals surface area contributed by atoms with E-state index in [1.54, 1.807) is 0 Å². The third kappa shape index (κ3) is 4.08. The van der Waals surface area contributed by atoms with Crippen molar-refractivity contribution in [3.8, 4) is 0 Å². The molecule has 0 atom stereocenters. The Morgan fingerprint density at radius 1 is 1.10 bits per heavy atom. The van der Waals surface area contributed by atoms with Gasteiger partial charge in [-0.3, -0.25) is 9.36 Å². The fourth-order valence-corrected chi connectivity index (χ4v) is 2.02. The molecule has 0 aromatic carbocycles. The van der Waals surface area contributed by atoms with Crippen LogP contribution in [0, 0.1) is 0 Å². The Labute approximate surface area is 126 Å². The number of nitrogens with one attached hydrogen (secondary N) is 1. The lowest BCUT2D eigenvalue weighted by Crippen LogP contribution is -2.18. The molecule has 0 aliphatic carbocycles. The summed E-state index contributed by atoms with van der Waals surface area (Å²) in [6, 6.07) is 4.93. The second-order valence-electron chi connectivity index (χ2n) is 5.35. The number of hydrogen-bond acceptors (Lipinski definition) is 3. The molecule has 2 heterocycles. The van der Waals surface area contributed by atoms with Gasteiger partial charge in [0, 0.05) is 37.6 Å². The minimum atomic E-state index is 0. The molecule has 0 saturated carbocycles. The van der Waals surface area contributed by atoms with E-state index in [-0.39, 0.29) is 12.4 Å². The Bertz CT molecular complexity index is 515. The molecule has 2 rings (SSSR count). The first-order valence-corrected chi connectivity index (χ1v) is 6.85. The van der Waals surface area contributed by atoms with Crippen LogP contribution in [0.4, 0.5) is 0 Å². The van der Waals surface area contributed by atoms with Gasteiger partial charge >= 0.3 is 0 Å². The zero-order chi connectivity index (χ0) is 13.8. The van der Waals surface area contributed by atoms with Gasteiger partial charge in [-0.05, 0) is 39.8 Å². The van der Waals surface area contributed by atoms with Crippen LogP contribution in [0.1, 0.15) is 51.2 Å². The van der Waals surface area contributed by atoms with Crippen LogP contribution in [0.15, 0.2) is 24.5 Å². The Balaban J connectivity index is 0.00000200. The summed E-state index contributed by atoms with van der Waals surface area (Å²) in [5, 5.41) is 12.3. The molecular weight excluding hydrogens is 274 g/mol. The first-order valence-electron chi connectivity index (χ1n) is 6.85. The van der Waals surface area contributed by atoms with E-state index in [4.69, 9.17) is 0 Å². The van der Waals surface area contributed by atoms with Crippen LogP contribution in [0.5, 0.6) is 0 Å². The molecule has 1 N–H and O–H groups in total. The van der Waals surface area contributed by atoms with E-state index in [9.17, 15) is 0 Å². The summed E-state index contributed by atoms with van der Waals surface area (Å²) in [6.07, 6.45) is 3.88. The van der Waals surface area contributed by atoms with Crippen LogP contribution in [-0.2, 0) is 13.1 Å². The quantitative estimate of drug-likeness (QED) is 0.892. The van der Waals surface area contributed by atoms with Crippen molar-refractivity contribution < 1.29 is 0 Å². The van der Waals surface area contributed by atoms with E-state index >= 15 is 0 Å². The highest BCUT2D eigenvalue weighted by molar-refractivity contribution is 5.85. The molecule has 0 fully saturated rings. The summed E-state index contributed by atoms with van der Waals surface area (Å²) >= 11 is 0. The van der Waals surface area contributed by atoms with Gasteiger partial charge in [-0.25, -0.2) is 0 Å². The molecule has 6 heteroatoms. The van der Waals surface area contributed by atoms with E-state index in [1.807, 2.05) is 21.8 Å². The lowest BCUT2D eigenvalue weighted by atomic mass is 10.3. The first-order chi connectivity index (χ1) is 9.08. The van der Waals surface area contributed by atoms with Crippen LogP contribution in [0.3, 0.4) is 0 Å². The summed E-state index contributed by atoms with van der Waals surface area (Å²) in [5.41, 5.74) is 2.28. The van der Waals surface area contributed by atoms with E-state index < -0.39 is 0 Å². The predicted molar refractivity (Wildman–Crippen MR) is 83.0 cm³/mol. The van der Waals surface area contributed by atoms with E-state index in [0.29, 0.717) is 12.1 Å². The molecule has 0 bridgehead atoms. The standard InChI is InChI=1S/C14H23N5.ClH/c1-11(2)18-8-6-13(17-18)9-15-10-14-5-7-16-19(14)12(3)4;/h5-8,11-12,15H,9-10H2,1-4H3;1H. The third-order valence-corrected chi connectivity index (χ3v) is 3.05. The van der Waals surface area contributed by atoms with Gasteiger partial charge in [0.1, 0.15) is 0 Å². The van der Waals surface area contributed by atoms with Gasteiger partial charge in [-0.1, -0.05) is 0 Å². The largest absolute Gasteiger partial charge is 0.305 e. The smallest absolute Gasteiger partial charge is 0.0762 e. The molecule has 2 aromatic rings. The second-order valence-corrected chi connectivity index (χ2v) is 5.35. The van der Waals surface area contributed by atoms with Gasteiger partial charge < -0.3 is 5.32 Å². The minimum Gasteiger partial charge on any atom is -0.305 e. The molecular formula is C14H24ClN5. The first kappa shape index (κ1) is 16.7. The predicted octanol–water partition coefficient (Wildman–Crippen LogP) is 2.95. The van der Waals surface area contributed by atoms with Gasteiger partial charge in [0.25, 0.3) is 0 Å². The number of halogens is 1. The fourth-order valence-electron chi connectivity index (χ4n) is 2.02. The van der Waals surface area contributed by atoms with Gasteiger partial charge in [-0.2, -0.15) is 10.2 Å². The summed E-state index contributed by atoms with van der Waals surface area (Å²) in [4.78, 5) is 0. The van der Waals surface area contributed by atoms with Crippen LogP contribution in [0.25, 0.3) is 0 Å². The number of hydrogen-bond donors (Lipinski definition) is 1. The second kappa shape index (κ2) is 7.45. The van der Waals surface area contributed by atoms with Crippen LogP contribution in [0.2, 0.25) is 0 Å². The molecule has 0 amide bonds. The van der Waals surface area contributed by atoms with Crippen molar-refractivity contribution in [3.63, 3.8) is 0 Å². The Kier molecular flexibility index (Phi) is 6.23. The van der Waals surface area contributed by atoms with Crippen LogP contribution < -0.4 is 5.32 Å². The lowest BCUT2D eigenvalue weighted by Gasteiger charge is -2.11. The summed E-state index contributed by atoms with van der Waals surface area (Å²) in [6.45, 7) is 10.1. The minimum absolute atomic E-state index is 0. The Hall–Kier alpha value is -1.33. The van der Waals surface area contributed by atoms with Crippen molar-refractivity contribution in [1.82, 2.24) is 24.9 Å². The Morgan fingerprint density at radius 2 is 1.85 bits per heavy atom. The molecule has 0 saturated heterocycles. The van der Waals surface area contributed by atoms with Crippen molar-refractivity contribution in [2.75, 3.05) is 0 Å². The van der Waals surface area contributed by atoms with E-state index in [2.05, 4.69) is 55.3 Å². The summed E-state index contributed by atoms with van der Waals surface area (Å²) in [5.74, 6) is 0. The topological polar surface area (TPSA) is 47.7 Å². The average Bonchev–Trinajstić information content (AvgIpc) is 2.97. The van der Waals surface area contributed by atoms with E-state index in [1.165, 1.54) is 5.69 Å². The van der Waals surface area contributed by atoms with Crippen molar-refractivity contribution in [1.29, 1.82) is 0 Å². The number of rotatable bonds is 6. The third-order valence-electron chi connectivity index (χ3n) is 3.05. The zero-order valence-electron chi connectivity index (χ0n) is 12.6. The van der Waals surface area contributed by atoms with Crippen molar-refractivity contribution in [2.24, 2.45) is 0 Å². The van der Waals surface area contributed by atoms with Crippen molar-refractivity contribution in [2.45, 2.75) is 52.9 Å². The fraction of sp³-hybridized carbons (Fsp3) is 0.571. The van der Waals surface area contributed by atoms with Gasteiger partial charge in [-0.15, -0.1) is 12.4 Å². The van der Waals surface area contributed by atoms with E-state index in [0.717, 1.165) is 18.8 Å². The molecule has 0 aliphatic heterocycles. The lowest BCUT2D eigenvalue weighted by molar-refractivity contribution is 0.491. The zero-order valence-corrected chi connectivity index (χ0v) is 13.4. The average molecular weight is 298 g/mol. The summed E-state index contributed by atoms with van der Waals surface area (Å²) in [7, 11) is 0. The normalized spacial score (nSPS) is 11.1. The van der Waals surface area contributed by atoms with Crippen molar-refractivity contribution >= 4 is 12.4 Å². The van der Waals surface area contributed by atoms with Gasteiger partial charge in [0.05, 0.1) is 11.4 Å². The SMILES string of the molecule is CC(C)n1ccc(CNCc2ccnn2C(C)C)n1.Cl. The molecule has 0 aliphatic rings. The van der Waals surface area contributed by atoms with Crippen molar-refractivity contribution in [3.05, 3.63) is 35.9 Å².